The number of carboxylic acids is 1. The van der Waals surface area contributed by atoms with Gasteiger partial charge in [0, 0.05) is 6.04 Å². The lowest BCUT2D eigenvalue weighted by atomic mass is 10.1. The molecule has 0 aliphatic carbocycles. The predicted octanol–water partition coefficient (Wildman–Crippen LogP) is 2.85. The van der Waals surface area contributed by atoms with Crippen molar-refractivity contribution in [3.63, 3.8) is 0 Å². The summed E-state index contributed by atoms with van der Waals surface area (Å²) in [4.78, 5) is 22.7. The van der Waals surface area contributed by atoms with Crippen LogP contribution in [0.15, 0.2) is 0 Å². The van der Waals surface area contributed by atoms with Crippen molar-refractivity contribution in [2.24, 2.45) is 0 Å². The number of hydrogen-bond donors (Lipinski definition) is 3. The van der Waals surface area contributed by atoms with E-state index < -0.39 is 12.0 Å². The largest absolute Gasteiger partial charge is 0.480 e. The maximum atomic E-state index is 11.7. The second kappa shape index (κ2) is 11.9. The molecule has 0 heterocycles. The Hall–Kier alpha value is -0.910. The zero-order valence-electron chi connectivity index (χ0n) is 12.8. The van der Waals surface area contributed by atoms with Gasteiger partial charge < -0.3 is 15.7 Å². The van der Waals surface area contributed by atoms with Crippen LogP contribution >= 0.6 is 11.8 Å². The normalized spacial score (nSPS) is 13.6. The fourth-order valence-corrected chi connectivity index (χ4v) is 2.34. The number of carbonyl (C=O) groups excluding carboxylic acids is 1. The Morgan fingerprint density at radius 3 is 2.40 bits per heavy atom. The number of carbonyl (C=O) groups is 2. The third-order valence-electron chi connectivity index (χ3n) is 3.08. The molecule has 0 spiro atoms. The third kappa shape index (κ3) is 9.95. The number of unbranched alkanes of at least 4 members (excludes halogenated alkanes) is 3. The lowest BCUT2D eigenvalue weighted by molar-refractivity contribution is -0.139. The first-order valence-electron chi connectivity index (χ1n) is 7.30. The van der Waals surface area contributed by atoms with Crippen molar-refractivity contribution in [3.8, 4) is 0 Å². The summed E-state index contributed by atoms with van der Waals surface area (Å²) in [5.74, 6) is -0.270. The van der Waals surface area contributed by atoms with E-state index in [9.17, 15) is 9.59 Å². The van der Waals surface area contributed by atoms with Crippen LogP contribution in [0.5, 0.6) is 0 Å². The topological polar surface area (TPSA) is 78.4 Å². The number of nitrogens with one attached hydrogen (secondary N) is 2. The van der Waals surface area contributed by atoms with E-state index in [0.29, 0.717) is 12.2 Å². The summed E-state index contributed by atoms with van der Waals surface area (Å²) in [7, 11) is 0. The number of thioether (sulfide) groups is 1. The van der Waals surface area contributed by atoms with Crippen LogP contribution < -0.4 is 10.6 Å². The van der Waals surface area contributed by atoms with Gasteiger partial charge in [-0.3, -0.25) is 0 Å². The fraction of sp³-hybridized carbons (Fsp3) is 0.857. The van der Waals surface area contributed by atoms with Crippen LogP contribution in [0, 0.1) is 0 Å². The number of urea groups is 1. The van der Waals surface area contributed by atoms with Crippen LogP contribution in [-0.2, 0) is 4.79 Å². The van der Waals surface area contributed by atoms with Crippen molar-refractivity contribution in [1.29, 1.82) is 0 Å². The lowest BCUT2D eigenvalue weighted by Crippen LogP contribution is -2.48. The Bertz CT molecular complexity index is 288. The molecule has 0 aromatic heterocycles. The predicted molar refractivity (Wildman–Crippen MR) is 84.3 cm³/mol. The van der Waals surface area contributed by atoms with Gasteiger partial charge in [0.25, 0.3) is 0 Å². The smallest absolute Gasteiger partial charge is 0.326 e. The van der Waals surface area contributed by atoms with Gasteiger partial charge in [0.1, 0.15) is 6.04 Å². The number of rotatable bonds is 11. The molecule has 0 aliphatic rings. The summed E-state index contributed by atoms with van der Waals surface area (Å²) >= 11 is 1.57. The first kappa shape index (κ1) is 19.1. The zero-order chi connectivity index (χ0) is 15.4. The molecule has 0 aromatic rings. The lowest BCUT2D eigenvalue weighted by Gasteiger charge is -2.18. The van der Waals surface area contributed by atoms with Gasteiger partial charge in [-0.05, 0) is 31.8 Å². The van der Waals surface area contributed by atoms with Gasteiger partial charge in [0.2, 0.25) is 0 Å². The number of amides is 2. The summed E-state index contributed by atoms with van der Waals surface area (Å²) in [5.41, 5.74) is 0. The third-order valence-corrected chi connectivity index (χ3v) is 3.73. The highest BCUT2D eigenvalue weighted by Crippen LogP contribution is 2.05. The Morgan fingerprint density at radius 1 is 1.15 bits per heavy atom. The van der Waals surface area contributed by atoms with E-state index in [-0.39, 0.29) is 12.1 Å². The van der Waals surface area contributed by atoms with E-state index in [1.165, 1.54) is 19.3 Å². The van der Waals surface area contributed by atoms with Crippen molar-refractivity contribution in [2.45, 2.75) is 64.5 Å². The van der Waals surface area contributed by atoms with Gasteiger partial charge >= 0.3 is 12.0 Å². The Morgan fingerprint density at radius 2 is 1.85 bits per heavy atom. The van der Waals surface area contributed by atoms with Crippen molar-refractivity contribution >= 4 is 23.8 Å². The van der Waals surface area contributed by atoms with Gasteiger partial charge in [0.15, 0.2) is 0 Å². The second-order valence-electron chi connectivity index (χ2n) is 5.04. The number of aliphatic carboxylic acids is 1. The molecular formula is C14H28N2O3S. The molecule has 0 aromatic carbocycles. The number of hydrogen-bond acceptors (Lipinski definition) is 3. The molecule has 0 saturated carbocycles. The van der Waals surface area contributed by atoms with Crippen molar-refractivity contribution in [2.75, 3.05) is 12.0 Å². The monoisotopic (exact) mass is 304 g/mol. The van der Waals surface area contributed by atoms with E-state index in [2.05, 4.69) is 17.6 Å². The minimum atomic E-state index is -0.982. The summed E-state index contributed by atoms with van der Waals surface area (Å²) < 4.78 is 0. The molecule has 20 heavy (non-hydrogen) atoms. The van der Waals surface area contributed by atoms with Crippen LogP contribution in [0.1, 0.15) is 52.4 Å². The Balaban J connectivity index is 3.95. The summed E-state index contributed by atoms with van der Waals surface area (Å²) in [6.45, 7) is 4.11. The quantitative estimate of drug-likeness (QED) is 0.513. The molecule has 2 atom stereocenters. The minimum absolute atomic E-state index is 0.0712. The second-order valence-corrected chi connectivity index (χ2v) is 6.03. The van der Waals surface area contributed by atoms with Crippen molar-refractivity contribution in [3.05, 3.63) is 0 Å². The van der Waals surface area contributed by atoms with Crippen molar-refractivity contribution < 1.29 is 14.7 Å². The molecule has 3 N–H and O–H groups in total. The molecule has 5 nitrogen and oxygen atoms in total. The SMILES string of the molecule is CCCCCCC(C)NC(=O)N[C@H](CCSC)C(=O)O. The average Bonchev–Trinajstić information content (AvgIpc) is 2.39. The molecule has 0 aliphatic heterocycles. The molecular weight excluding hydrogens is 276 g/mol. The van der Waals surface area contributed by atoms with Gasteiger partial charge in [0.05, 0.1) is 0 Å². The fourth-order valence-electron chi connectivity index (χ4n) is 1.87. The highest BCUT2D eigenvalue weighted by molar-refractivity contribution is 7.98. The van der Waals surface area contributed by atoms with E-state index in [1.807, 2.05) is 13.2 Å². The van der Waals surface area contributed by atoms with E-state index >= 15 is 0 Å². The first-order valence-corrected chi connectivity index (χ1v) is 8.69. The van der Waals surface area contributed by atoms with Crippen LogP contribution in [0.25, 0.3) is 0 Å². The summed E-state index contributed by atoms with van der Waals surface area (Å²) in [6.07, 6.45) is 7.95. The molecule has 0 radical (unpaired) electrons. The van der Waals surface area contributed by atoms with E-state index in [1.54, 1.807) is 11.8 Å². The van der Waals surface area contributed by atoms with Gasteiger partial charge in [-0.25, -0.2) is 9.59 Å². The Kier molecular flexibility index (Phi) is 11.3. The molecule has 118 valence electrons. The molecule has 6 heteroatoms. The summed E-state index contributed by atoms with van der Waals surface area (Å²) in [5, 5.41) is 14.4. The average molecular weight is 304 g/mol. The van der Waals surface area contributed by atoms with Crippen LogP contribution in [0.2, 0.25) is 0 Å². The van der Waals surface area contributed by atoms with Crippen LogP contribution in [-0.4, -0.2) is 41.2 Å². The van der Waals surface area contributed by atoms with Crippen molar-refractivity contribution in [1.82, 2.24) is 10.6 Å². The van der Waals surface area contributed by atoms with Crippen LogP contribution in [0.4, 0.5) is 4.79 Å². The maximum absolute atomic E-state index is 11.7. The van der Waals surface area contributed by atoms with Gasteiger partial charge in [-0.15, -0.1) is 0 Å². The zero-order valence-corrected chi connectivity index (χ0v) is 13.6. The molecule has 0 bridgehead atoms. The van der Waals surface area contributed by atoms with Gasteiger partial charge in [-0.1, -0.05) is 32.6 Å². The highest BCUT2D eigenvalue weighted by atomic mass is 32.2. The maximum Gasteiger partial charge on any atom is 0.326 e. The molecule has 1 unspecified atom stereocenters. The van der Waals surface area contributed by atoms with Gasteiger partial charge in [-0.2, -0.15) is 11.8 Å². The first-order chi connectivity index (χ1) is 9.51. The number of carboxylic acid groups (broad SMARTS) is 1. The highest BCUT2D eigenvalue weighted by Gasteiger charge is 2.19. The molecule has 0 fully saturated rings. The van der Waals surface area contributed by atoms with Crippen LogP contribution in [0.3, 0.4) is 0 Å². The molecule has 0 rings (SSSR count). The molecule has 0 saturated heterocycles. The van der Waals surface area contributed by atoms with E-state index in [0.717, 1.165) is 12.8 Å². The van der Waals surface area contributed by atoms with E-state index in [4.69, 9.17) is 5.11 Å². The standard InChI is InChI=1S/C14H28N2O3S/c1-4-5-6-7-8-11(2)15-14(19)16-12(13(17)18)9-10-20-3/h11-12H,4-10H2,1-3H3,(H,17,18)(H2,15,16,19)/t11?,12-/m1/s1. The minimum Gasteiger partial charge on any atom is -0.480 e. The molecule has 2 amide bonds. The Labute approximate surface area is 126 Å². The summed E-state index contributed by atoms with van der Waals surface area (Å²) in [6, 6.07) is -1.13.